The van der Waals surface area contributed by atoms with E-state index in [1.165, 1.54) is 0 Å². The molecule has 2 amide bonds. The molecule has 0 aliphatic carbocycles. The van der Waals surface area contributed by atoms with Crippen LogP contribution in [0.1, 0.15) is 11.6 Å². The molecule has 2 N–H and O–H groups in total. The van der Waals surface area contributed by atoms with Gasteiger partial charge in [0.25, 0.3) is 0 Å². The van der Waals surface area contributed by atoms with Gasteiger partial charge in [0.1, 0.15) is 0 Å². The SMILES string of the molecule is CN(C)c1ccc([C@H](CNC(=O)C(=O)Nc2ccc(Cl)cc2)N(C)C)cc1. The van der Waals surface area contributed by atoms with Gasteiger partial charge in [-0.25, -0.2) is 0 Å². The van der Waals surface area contributed by atoms with E-state index in [2.05, 4.69) is 10.6 Å². The van der Waals surface area contributed by atoms with Gasteiger partial charge < -0.3 is 20.4 Å². The number of hydrogen-bond acceptors (Lipinski definition) is 4. The van der Waals surface area contributed by atoms with Crippen molar-refractivity contribution in [2.24, 2.45) is 0 Å². The summed E-state index contributed by atoms with van der Waals surface area (Å²) in [6.45, 7) is 0.321. The summed E-state index contributed by atoms with van der Waals surface area (Å²) in [6, 6.07) is 14.6. The van der Waals surface area contributed by atoms with Crippen LogP contribution < -0.4 is 15.5 Å². The maximum atomic E-state index is 12.1. The minimum atomic E-state index is -0.710. The Labute approximate surface area is 165 Å². The average molecular weight is 389 g/mol. The highest BCUT2D eigenvalue weighted by molar-refractivity contribution is 6.39. The zero-order chi connectivity index (χ0) is 20.0. The molecule has 1 atom stereocenters. The van der Waals surface area contributed by atoms with E-state index in [0.717, 1.165) is 11.3 Å². The van der Waals surface area contributed by atoms with Crippen LogP contribution >= 0.6 is 11.6 Å². The number of nitrogens with zero attached hydrogens (tertiary/aromatic N) is 2. The van der Waals surface area contributed by atoms with Crippen molar-refractivity contribution >= 4 is 34.8 Å². The summed E-state index contributed by atoms with van der Waals surface area (Å²) in [5.74, 6) is -1.39. The molecule has 0 bridgehead atoms. The van der Waals surface area contributed by atoms with Gasteiger partial charge in [-0.3, -0.25) is 9.59 Å². The van der Waals surface area contributed by atoms with Crippen molar-refractivity contribution in [2.45, 2.75) is 6.04 Å². The first-order chi connectivity index (χ1) is 12.8. The first-order valence-corrected chi connectivity index (χ1v) is 8.94. The Hall–Kier alpha value is -2.57. The molecule has 0 aliphatic rings. The van der Waals surface area contributed by atoms with E-state index >= 15 is 0 Å². The summed E-state index contributed by atoms with van der Waals surface area (Å²) in [5.41, 5.74) is 2.68. The molecule has 0 unspecified atom stereocenters. The van der Waals surface area contributed by atoms with Crippen LogP contribution in [0.2, 0.25) is 5.02 Å². The zero-order valence-corrected chi connectivity index (χ0v) is 16.7. The Morgan fingerprint density at radius 3 is 2.04 bits per heavy atom. The van der Waals surface area contributed by atoms with Crippen LogP contribution in [0, 0.1) is 0 Å². The Morgan fingerprint density at radius 1 is 0.926 bits per heavy atom. The normalized spacial score (nSPS) is 11.8. The lowest BCUT2D eigenvalue weighted by Gasteiger charge is -2.25. The summed E-state index contributed by atoms with van der Waals surface area (Å²) in [6.07, 6.45) is 0. The van der Waals surface area contributed by atoms with E-state index in [1.807, 2.05) is 62.3 Å². The Morgan fingerprint density at radius 2 is 1.52 bits per heavy atom. The van der Waals surface area contributed by atoms with Crippen molar-refractivity contribution in [1.82, 2.24) is 10.2 Å². The lowest BCUT2D eigenvalue weighted by Crippen LogP contribution is -2.40. The fourth-order valence-electron chi connectivity index (χ4n) is 2.58. The molecule has 144 valence electrons. The molecular formula is C20H25ClN4O2. The number of likely N-dealkylation sites (N-methyl/N-ethyl adjacent to an activating group) is 1. The van der Waals surface area contributed by atoms with Crippen molar-refractivity contribution in [1.29, 1.82) is 0 Å². The largest absolute Gasteiger partial charge is 0.378 e. The lowest BCUT2D eigenvalue weighted by atomic mass is 10.1. The average Bonchev–Trinajstić information content (AvgIpc) is 2.63. The number of carbonyl (C=O) groups is 2. The summed E-state index contributed by atoms with van der Waals surface area (Å²) in [4.78, 5) is 28.2. The van der Waals surface area contributed by atoms with Crippen LogP contribution in [0.3, 0.4) is 0 Å². The molecule has 0 fully saturated rings. The van der Waals surface area contributed by atoms with Crippen LogP contribution in [0.25, 0.3) is 0 Å². The van der Waals surface area contributed by atoms with Crippen LogP contribution in [0.15, 0.2) is 48.5 Å². The summed E-state index contributed by atoms with van der Waals surface area (Å²) in [5, 5.41) is 5.82. The highest BCUT2D eigenvalue weighted by Crippen LogP contribution is 2.21. The monoisotopic (exact) mass is 388 g/mol. The van der Waals surface area contributed by atoms with Crippen molar-refractivity contribution in [3.05, 3.63) is 59.1 Å². The van der Waals surface area contributed by atoms with E-state index < -0.39 is 11.8 Å². The first-order valence-electron chi connectivity index (χ1n) is 8.56. The zero-order valence-electron chi connectivity index (χ0n) is 16.0. The fourth-order valence-corrected chi connectivity index (χ4v) is 2.71. The molecular weight excluding hydrogens is 364 g/mol. The molecule has 2 aromatic rings. The minimum Gasteiger partial charge on any atom is -0.378 e. The third kappa shape index (κ3) is 5.98. The van der Waals surface area contributed by atoms with E-state index in [1.54, 1.807) is 24.3 Å². The summed E-state index contributed by atoms with van der Waals surface area (Å²) < 4.78 is 0. The quantitative estimate of drug-likeness (QED) is 0.747. The molecule has 2 aromatic carbocycles. The Bertz CT molecular complexity index is 774. The van der Waals surface area contributed by atoms with Gasteiger partial charge in [0, 0.05) is 37.0 Å². The van der Waals surface area contributed by atoms with Gasteiger partial charge in [0.2, 0.25) is 0 Å². The Balaban J connectivity index is 1.97. The molecule has 2 rings (SSSR count). The van der Waals surface area contributed by atoms with Crippen LogP contribution in [-0.4, -0.2) is 51.4 Å². The van der Waals surface area contributed by atoms with Crippen molar-refractivity contribution in [2.75, 3.05) is 45.0 Å². The number of halogens is 1. The first kappa shape index (κ1) is 20.7. The number of hydrogen-bond donors (Lipinski definition) is 2. The Kier molecular flexibility index (Phi) is 7.21. The van der Waals surface area contributed by atoms with Gasteiger partial charge >= 0.3 is 11.8 Å². The highest BCUT2D eigenvalue weighted by atomic mass is 35.5. The molecule has 7 heteroatoms. The van der Waals surface area contributed by atoms with Crippen molar-refractivity contribution in [3.8, 4) is 0 Å². The van der Waals surface area contributed by atoms with E-state index in [0.29, 0.717) is 17.3 Å². The highest BCUT2D eigenvalue weighted by Gasteiger charge is 2.19. The van der Waals surface area contributed by atoms with Crippen LogP contribution in [0.4, 0.5) is 11.4 Å². The number of benzene rings is 2. The molecule has 0 radical (unpaired) electrons. The maximum Gasteiger partial charge on any atom is 0.313 e. The second-order valence-electron chi connectivity index (χ2n) is 6.64. The van der Waals surface area contributed by atoms with Gasteiger partial charge in [0.15, 0.2) is 0 Å². The third-order valence-corrected chi connectivity index (χ3v) is 4.43. The number of nitrogens with one attached hydrogen (secondary N) is 2. The predicted molar refractivity (Wildman–Crippen MR) is 110 cm³/mol. The number of anilines is 2. The van der Waals surface area contributed by atoms with Gasteiger partial charge in [0.05, 0.1) is 6.04 Å². The molecule has 27 heavy (non-hydrogen) atoms. The third-order valence-electron chi connectivity index (χ3n) is 4.18. The maximum absolute atomic E-state index is 12.1. The molecule has 0 aliphatic heterocycles. The smallest absolute Gasteiger partial charge is 0.313 e. The van der Waals surface area contributed by atoms with Crippen molar-refractivity contribution in [3.63, 3.8) is 0 Å². The predicted octanol–water partition coefficient (Wildman–Crippen LogP) is 2.76. The van der Waals surface area contributed by atoms with Gasteiger partial charge in [-0.2, -0.15) is 0 Å². The second-order valence-corrected chi connectivity index (χ2v) is 7.07. The van der Waals surface area contributed by atoms with E-state index in [-0.39, 0.29) is 6.04 Å². The molecule has 0 heterocycles. The molecule has 0 aromatic heterocycles. The van der Waals surface area contributed by atoms with Gasteiger partial charge in [-0.1, -0.05) is 23.7 Å². The fraction of sp³-hybridized carbons (Fsp3) is 0.300. The number of carbonyl (C=O) groups excluding carboxylic acids is 2. The molecule has 0 saturated carbocycles. The van der Waals surface area contributed by atoms with Gasteiger partial charge in [-0.05, 0) is 56.1 Å². The number of rotatable bonds is 6. The topological polar surface area (TPSA) is 64.7 Å². The van der Waals surface area contributed by atoms with Crippen LogP contribution in [0.5, 0.6) is 0 Å². The lowest BCUT2D eigenvalue weighted by molar-refractivity contribution is -0.136. The summed E-state index contributed by atoms with van der Waals surface area (Å²) >= 11 is 5.81. The van der Waals surface area contributed by atoms with Gasteiger partial charge in [-0.15, -0.1) is 0 Å². The molecule has 6 nitrogen and oxygen atoms in total. The number of amides is 2. The molecule has 0 spiro atoms. The second kappa shape index (κ2) is 9.39. The minimum absolute atomic E-state index is 0.0477. The molecule has 0 saturated heterocycles. The van der Waals surface area contributed by atoms with Crippen molar-refractivity contribution < 1.29 is 9.59 Å². The van der Waals surface area contributed by atoms with E-state index in [4.69, 9.17) is 11.6 Å². The standard InChI is InChI=1S/C20H25ClN4O2/c1-24(2)17-11-5-14(6-12-17)18(25(3)4)13-22-19(26)20(27)23-16-9-7-15(21)8-10-16/h5-12,18H,13H2,1-4H3,(H,22,26)(H,23,27)/t18-/m0/s1. The van der Waals surface area contributed by atoms with E-state index in [9.17, 15) is 9.59 Å². The summed E-state index contributed by atoms with van der Waals surface area (Å²) in [7, 11) is 7.84. The van der Waals surface area contributed by atoms with Crippen LogP contribution in [-0.2, 0) is 9.59 Å².